The first kappa shape index (κ1) is 13.0. The number of ether oxygens (including phenoxy) is 1. The zero-order valence-corrected chi connectivity index (χ0v) is 9.90. The Labute approximate surface area is 99.9 Å². The Morgan fingerprint density at radius 3 is 2.59 bits per heavy atom. The number of hydrogen-bond acceptors (Lipinski definition) is 3. The molecular weight excluding hydrogens is 220 g/mol. The first-order valence-electron chi connectivity index (χ1n) is 5.23. The van der Waals surface area contributed by atoms with Gasteiger partial charge in [0.15, 0.2) is 0 Å². The van der Waals surface area contributed by atoms with Gasteiger partial charge in [-0.3, -0.25) is 4.79 Å². The van der Waals surface area contributed by atoms with E-state index in [9.17, 15) is 9.59 Å². The number of esters is 1. The molecule has 17 heavy (non-hydrogen) atoms. The summed E-state index contributed by atoms with van der Waals surface area (Å²) in [5.74, 6) is -0.396. The molecule has 5 nitrogen and oxygen atoms in total. The molecule has 0 fully saturated rings. The molecule has 0 aromatic heterocycles. The van der Waals surface area contributed by atoms with Gasteiger partial charge >= 0.3 is 12.0 Å². The van der Waals surface area contributed by atoms with E-state index in [0.717, 1.165) is 11.1 Å². The third-order valence-corrected chi connectivity index (χ3v) is 2.48. The van der Waals surface area contributed by atoms with E-state index in [1.54, 1.807) is 0 Å². The Bertz CT molecular complexity index is 418. The van der Waals surface area contributed by atoms with E-state index in [0.29, 0.717) is 0 Å². The molecule has 0 spiro atoms. The monoisotopic (exact) mass is 236 g/mol. The molecule has 1 atom stereocenters. The van der Waals surface area contributed by atoms with Crippen LogP contribution in [0.4, 0.5) is 4.79 Å². The minimum absolute atomic E-state index is 0.0598. The van der Waals surface area contributed by atoms with Crippen molar-refractivity contribution in [3.05, 3.63) is 35.4 Å². The van der Waals surface area contributed by atoms with Crippen LogP contribution in [0.2, 0.25) is 0 Å². The lowest BCUT2D eigenvalue weighted by molar-refractivity contribution is -0.141. The predicted molar refractivity (Wildman–Crippen MR) is 63.3 cm³/mol. The minimum Gasteiger partial charge on any atom is -0.469 e. The van der Waals surface area contributed by atoms with Crippen LogP contribution in [0.3, 0.4) is 0 Å². The molecule has 0 aliphatic carbocycles. The van der Waals surface area contributed by atoms with Crippen molar-refractivity contribution < 1.29 is 14.3 Å². The van der Waals surface area contributed by atoms with Crippen molar-refractivity contribution in [2.45, 2.75) is 19.4 Å². The molecule has 0 unspecified atom stereocenters. The molecule has 0 aliphatic rings. The zero-order chi connectivity index (χ0) is 12.8. The quantitative estimate of drug-likeness (QED) is 0.772. The lowest BCUT2D eigenvalue weighted by Crippen LogP contribution is -2.34. The molecule has 0 radical (unpaired) electrons. The number of aryl methyl sites for hydroxylation is 1. The summed E-state index contributed by atoms with van der Waals surface area (Å²) in [4.78, 5) is 22.2. The van der Waals surface area contributed by atoms with Crippen LogP contribution < -0.4 is 11.1 Å². The lowest BCUT2D eigenvalue weighted by Gasteiger charge is -2.18. The van der Waals surface area contributed by atoms with Crippen LogP contribution in [0.1, 0.15) is 23.6 Å². The maximum Gasteiger partial charge on any atom is 0.312 e. The van der Waals surface area contributed by atoms with Crippen molar-refractivity contribution in [3.63, 3.8) is 0 Å². The maximum atomic E-state index is 11.3. The largest absolute Gasteiger partial charge is 0.469 e. The highest BCUT2D eigenvalue weighted by Gasteiger charge is 2.19. The van der Waals surface area contributed by atoms with E-state index in [-0.39, 0.29) is 6.42 Å². The number of benzene rings is 1. The van der Waals surface area contributed by atoms with Crippen molar-refractivity contribution >= 4 is 12.0 Å². The van der Waals surface area contributed by atoms with E-state index < -0.39 is 18.0 Å². The Hall–Kier alpha value is -2.04. The first-order valence-corrected chi connectivity index (χ1v) is 5.23. The second-order valence-electron chi connectivity index (χ2n) is 3.70. The second-order valence-corrected chi connectivity index (χ2v) is 3.70. The summed E-state index contributed by atoms with van der Waals surface area (Å²) in [7, 11) is 1.31. The summed E-state index contributed by atoms with van der Waals surface area (Å²) < 4.78 is 4.59. The number of hydrogen-bond donors (Lipinski definition) is 2. The number of nitrogens with one attached hydrogen (secondary N) is 1. The predicted octanol–water partition coefficient (Wildman–Crippen LogP) is 1.27. The highest BCUT2D eigenvalue weighted by Crippen LogP contribution is 2.20. The highest BCUT2D eigenvalue weighted by molar-refractivity contribution is 5.75. The molecule has 1 aromatic carbocycles. The van der Waals surface area contributed by atoms with Gasteiger partial charge in [0.2, 0.25) is 0 Å². The van der Waals surface area contributed by atoms with Gasteiger partial charge in [-0.25, -0.2) is 4.79 Å². The molecule has 0 saturated heterocycles. The number of carbonyl (C=O) groups excluding carboxylic acids is 2. The molecule has 1 rings (SSSR count). The van der Waals surface area contributed by atoms with Crippen LogP contribution in [-0.2, 0) is 9.53 Å². The number of amides is 2. The van der Waals surface area contributed by atoms with Crippen molar-refractivity contribution in [2.75, 3.05) is 7.11 Å². The Kier molecular flexibility index (Phi) is 4.51. The van der Waals surface area contributed by atoms with E-state index in [1.807, 2.05) is 31.2 Å². The Morgan fingerprint density at radius 1 is 1.41 bits per heavy atom. The zero-order valence-electron chi connectivity index (χ0n) is 9.90. The van der Waals surface area contributed by atoms with Crippen molar-refractivity contribution in [1.82, 2.24) is 5.32 Å². The third kappa shape index (κ3) is 3.79. The molecule has 0 aliphatic heterocycles. The number of urea groups is 1. The molecule has 3 N–H and O–H groups in total. The molecule has 2 amide bonds. The fraction of sp³-hybridized carbons (Fsp3) is 0.333. The molecule has 0 heterocycles. The summed E-state index contributed by atoms with van der Waals surface area (Å²) in [6, 6.07) is 6.36. The normalized spacial score (nSPS) is 11.6. The van der Waals surface area contributed by atoms with Crippen LogP contribution in [0.25, 0.3) is 0 Å². The molecular formula is C12H16N2O3. The van der Waals surface area contributed by atoms with Crippen LogP contribution in [0.5, 0.6) is 0 Å². The minimum atomic E-state index is -0.665. The fourth-order valence-corrected chi connectivity index (χ4v) is 1.64. The number of rotatable bonds is 4. The van der Waals surface area contributed by atoms with Crippen LogP contribution in [-0.4, -0.2) is 19.1 Å². The Morgan fingerprint density at radius 2 is 2.06 bits per heavy atom. The lowest BCUT2D eigenvalue weighted by atomic mass is 9.99. The summed E-state index contributed by atoms with van der Waals surface area (Å²) in [5.41, 5.74) is 6.94. The summed E-state index contributed by atoms with van der Waals surface area (Å²) >= 11 is 0. The van der Waals surface area contributed by atoms with Gasteiger partial charge in [-0.15, -0.1) is 0 Å². The van der Waals surface area contributed by atoms with Crippen molar-refractivity contribution in [2.24, 2.45) is 5.73 Å². The molecule has 92 valence electrons. The van der Waals surface area contributed by atoms with Gasteiger partial charge in [0.05, 0.1) is 19.6 Å². The van der Waals surface area contributed by atoms with Crippen molar-refractivity contribution in [1.29, 1.82) is 0 Å². The highest BCUT2D eigenvalue weighted by atomic mass is 16.5. The van der Waals surface area contributed by atoms with Gasteiger partial charge < -0.3 is 15.8 Å². The third-order valence-electron chi connectivity index (χ3n) is 2.48. The maximum absolute atomic E-state index is 11.3. The molecule has 0 bridgehead atoms. The van der Waals surface area contributed by atoms with Gasteiger partial charge in [0.25, 0.3) is 0 Å². The SMILES string of the molecule is COC(=O)C[C@@H](NC(N)=O)c1ccccc1C. The second kappa shape index (κ2) is 5.89. The average molecular weight is 236 g/mol. The topological polar surface area (TPSA) is 81.4 Å². The Balaban J connectivity index is 2.93. The van der Waals surface area contributed by atoms with Crippen LogP contribution in [0.15, 0.2) is 24.3 Å². The standard InChI is InChI=1S/C12H16N2O3/c1-8-5-3-4-6-9(8)10(14-12(13)16)7-11(15)17-2/h3-6,10H,7H2,1-2H3,(H3,13,14,16)/t10-/m1/s1. The molecule has 5 heteroatoms. The van der Waals surface area contributed by atoms with Gasteiger partial charge in [0.1, 0.15) is 0 Å². The average Bonchev–Trinajstić information content (AvgIpc) is 2.28. The fourth-order valence-electron chi connectivity index (χ4n) is 1.64. The smallest absolute Gasteiger partial charge is 0.312 e. The van der Waals surface area contributed by atoms with Gasteiger partial charge in [-0.2, -0.15) is 0 Å². The van der Waals surface area contributed by atoms with Crippen LogP contribution >= 0.6 is 0 Å². The number of carbonyl (C=O) groups is 2. The number of nitrogens with two attached hydrogens (primary N) is 1. The summed E-state index contributed by atoms with van der Waals surface area (Å²) in [6.45, 7) is 1.91. The number of primary amides is 1. The summed E-state index contributed by atoms with van der Waals surface area (Å²) in [5, 5.41) is 2.54. The van der Waals surface area contributed by atoms with Crippen molar-refractivity contribution in [3.8, 4) is 0 Å². The van der Waals surface area contributed by atoms with Gasteiger partial charge in [-0.1, -0.05) is 24.3 Å². The first-order chi connectivity index (χ1) is 8.04. The molecule has 1 aromatic rings. The molecule has 0 saturated carbocycles. The van der Waals surface area contributed by atoms with E-state index in [4.69, 9.17) is 5.73 Å². The van der Waals surface area contributed by atoms with E-state index in [2.05, 4.69) is 10.1 Å². The number of methoxy groups -OCH3 is 1. The summed E-state index contributed by atoms with van der Waals surface area (Å²) in [6.07, 6.45) is 0.0598. The van der Waals surface area contributed by atoms with E-state index >= 15 is 0 Å². The van der Waals surface area contributed by atoms with E-state index in [1.165, 1.54) is 7.11 Å². The van der Waals surface area contributed by atoms with Gasteiger partial charge in [0, 0.05) is 0 Å². The van der Waals surface area contributed by atoms with Crippen LogP contribution in [0, 0.1) is 6.92 Å². The van der Waals surface area contributed by atoms with Gasteiger partial charge in [-0.05, 0) is 18.1 Å².